The van der Waals surface area contributed by atoms with Crippen LogP contribution >= 0.6 is 23.2 Å². The van der Waals surface area contributed by atoms with Gasteiger partial charge in [-0.3, -0.25) is 19.1 Å². The number of nitrogens with one attached hydrogen (secondary N) is 2. The Morgan fingerprint density at radius 1 is 1.12 bits per heavy atom. The van der Waals surface area contributed by atoms with E-state index in [9.17, 15) is 14.4 Å². The number of anilines is 3. The zero-order chi connectivity index (χ0) is 24.0. The van der Waals surface area contributed by atoms with Crippen molar-refractivity contribution in [1.82, 2.24) is 9.55 Å². The van der Waals surface area contributed by atoms with Crippen LogP contribution in [0, 0.1) is 0 Å². The minimum absolute atomic E-state index is 0.00467. The SMILES string of the molecule is COCCn1c(N)c(N(CC(=O)Nc2c(Cl)cccc2Cl)Cc2ccccc2)c(=O)[nH]c1=O. The molecule has 0 fully saturated rings. The summed E-state index contributed by atoms with van der Waals surface area (Å²) in [7, 11) is 1.49. The maximum Gasteiger partial charge on any atom is 0.330 e. The molecule has 0 aliphatic carbocycles. The third-order valence-corrected chi connectivity index (χ3v) is 5.46. The molecule has 33 heavy (non-hydrogen) atoms. The zero-order valence-electron chi connectivity index (χ0n) is 17.8. The summed E-state index contributed by atoms with van der Waals surface area (Å²) in [6, 6.07) is 14.1. The lowest BCUT2D eigenvalue weighted by atomic mass is 10.2. The first-order chi connectivity index (χ1) is 15.8. The van der Waals surface area contributed by atoms with Crippen molar-refractivity contribution in [1.29, 1.82) is 0 Å². The molecular weight excluding hydrogens is 469 g/mol. The second kappa shape index (κ2) is 11.0. The van der Waals surface area contributed by atoms with Crippen LogP contribution in [0.5, 0.6) is 0 Å². The first-order valence-electron chi connectivity index (χ1n) is 9.96. The van der Waals surface area contributed by atoms with Gasteiger partial charge < -0.3 is 20.7 Å². The number of hydrogen-bond donors (Lipinski definition) is 3. The van der Waals surface area contributed by atoms with Gasteiger partial charge in [0.15, 0.2) is 0 Å². The van der Waals surface area contributed by atoms with Gasteiger partial charge in [-0.1, -0.05) is 59.6 Å². The van der Waals surface area contributed by atoms with Crippen molar-refractivity contribution in [3.8, 4) is 0 Å². The number of methoxy groups -OCH3 is 1. The summed E-state index contributed by atoms with van der Waals surface area (Å²) in [6.07, 6.45) is 0. The molecule has 0 saturated heterocycles. The number of halogens is 2. The lowest BCUT2D eigenvalue weighted by Gasteiger charge is -2.26. The molecule has 0 aliphatic rings. The number of benzene rings is 2. The number of aromatic amines is 1. The first kappa shape index (κ1) is 24.4. The van der Waals surface area contributed by atoms with Gasteiger partial charge in [0, 0.05) is 13.7 Å². The van der Waals surface area contributed by atoms with E-state index in [0.717, 1.165) is 5.56 Å². The number of ether oxygens (including phenoxy) is 1. The molecule has 0 atom stereocenters. The lowest BCUT2D eigenvalue weighted by Crippen LogP contribution is -2.41. The summed E-state index contributed by atoms with van der Waals surface area (Å²) >= 11 is 12.3. The fourth-order valence-corrected chi connectivity index (χ4v) is 3.77. The van der Waals surface area contributed by atoms with Crippen molar-refractivity contribution >= 4 is 46.3 Å². The minimum atomic E-state index is -0.703. The Bertz CT molecular complexity index is 1220. The highest BCUT2D eigenvalue weighted by atomic mass is 35.5. The fourth-order valence-electron chi connectivity index (χ4n) is 3.27. The molecule has 0 unspecified atom stereocenters. The van der Waals surface area contributed by atoms with Crippen molar-refractivity contribution in [2.45, 2.75) is 13.1 Å². The molecule has 0 radical (unpaired) electrons. The van der Waals surface area contributed by atoms with E-state index in [1.54, 1.807) is 18.2 Å². The highest BCUT2D eigenvalue weighted by Gasteiger charge is 2.22. The molecule has 3 rings (SSSR count). The quantitative estimate of drug-likeness (QED) is 0.422. The van der Waals surface area contributed by atoms with E-state index >= 15 is 0 Å². The van der Waals surface area contributed by atoms with Gasteiger partial charge in [-0.05, 0) is 17.7 Å². The normalized spacial score (nSPS) is 10.8. The number of nitrogens with zero attached hydrogens (tertiary/aromatic N) is 2. The zero-order valence-corrected chi connectivity index (χ0v) is 19.3. The van der Waals surface area contributed by atoms with Gasteiger partial charge in [-0.15, -0.1) is 0 Å². The van der Waals surface area contributed by atoms with Crippen LogP contribution in [-0.2, 0) is 22.6 Å². The van der Waals surface area contributed by atoms with Crippen LogP contribution in [0.15, 0.2) is 58.1 Å². The number of nitrogen functional groups attached to an aromatic ring is 1. The summed E-state index contributed by atoms with van der Waals surface area (Å²) in [5, 5.41) is 3.23. The largest absolute Gasteiger partial charge is 0.383 e. The van der Waals surface area contributed by atoms with Gasteiger partial charge in [0.05, 0.1) is 35.4 Å². The van der Waals surface area contributed by atoms with Crippen LogP contribution in [0.3, 0.4) is 0 Å². The Morgan fingerprint density at radius 2 is 1.79 bits per heavy atom. The number of rotatable bonds is 9. The molecule has 174 valence electrons. The molecule has 11 heteroatoms. The van der Waals surface area contributed by atoms with E-state index in [4.69, 9.17) is 33.7 Å². The van der Waals surface area contributed by atoms with E-state index in [0.29, 0.717) is 0 Å². The van der Waals surface area contributed by atoms with Gasteiger partial charge >= 0.3 is 5.69 Å². The summed E-state index contributed by atoms with van der Waals surface area (Å²) in [5.41, 5.74) is 5.95. The fraction of sp³-hybridized carbons (Fsp3) is 0.227. The molecule has 9 nitrogen and oxygen atoms in total. The smallest absolute Gasteiger partial charge is 0.330 e. The maximum absolute atomic E-state index is 12.9. The molecule has 0 aliphatic heterocycles. The highest BCUT2D eigenvalue weighted by Crippen LogP contribution is 2.30. The summed E-state index contributed by atoms with van der Waals surface area (Å²) in [4.78, 5) is 41.7. The van der Waals surface area contributed by atoms with Gasteiger partial charge in [-0.2, -0.15) is 0 Å². The second-order valence-electron chi connectivity index (χ2n) is 7.12. The van der Waals surface area contributed by atoms with Crippen LogP contribution in [0.4, 0.5) is 17.2 Å². The van der Waals surface area contributed by atoms with Crippen molar-refractivity contribution in [2.24, 2.45) is 0 Å². The number of hydrogen-bond acceptors (Lipinski definition) is 6. The molecule has 2 aromatic carbocycles. The Hall–Kier alpha value is -3.27. The maximum atomic E-state index is 12.9. The molecule has 1 amide bonds. The molecular formula is C22H23Cl2N5O4. The number of carbonyl (C=O) groups excluding carboxylic acids is 1. The third kappa shape index (κ3) is 5.95. The van der Waals surface area contributed by atoms with Crippen molar-refractivity contribution in [3.63, 3.8) is 0 Å². The number of amides is 1. The average molecular weight is 492 g/mol. The summed E-state index contributed by atoms with van der Waals surface area (Å²) in [6.45, 7) is 0.262. The van der Waals surface area contributed by atoms with Gasteiger partial charge in [0.1, 0.15) is 11.5 Å². The van der Waals surface area contributed by atoms with Crippen molar-refractivity contribution < 1.29 is 9.53 Å². The average Bonchev–Trinajstić information content (AvgIpc) is 2.76. The van der Waals surface area contributed by atoms with E-state index < -0.39 is 17.2 Å². The van der Waals surface area contributed by atoms with Gasteiger partial charge in [0.2, 0.25) is 5.91 Å². The summed E-state index contributed by atoms with van der Waals surface area (Å²) in [5.74, 6) is -0.547. The predicted molar refractivity (Wildman–Crippen MR) is 130 cm³/mol. The Kier molecular flexibility index (Phi) is 8.16. The summed E-state index contributed by atoms with van der Waals surface area (Å²) < 4.78 is 6.22. The molecule has 1 aromatic heterocycles. The second-order valence-corrected chi connectivity index (χ2v) is 7.94. The lowest BCUT2D eigenvalue weighted by molar-refractivity contribution is -0.115. The van der Waals surface area contributed by atoms with E-state index in [-0.39, 0.29) is 53.5 Å². The molecule has 0 spiro atoms. The standard InChI is InChI=1S/C22H23Cl2N5O4/c1-33-11-10-29-20(25)19(21(31)27-22(29)32)28(12-14-6-3-2-4-7-14)13-17(30)26-18-15(23)8-5-9-16(18)24/h2-9H,10-13,25H2,1H3,(H,26,30)(H,27,31,32). The molecule has 3 aromatic rings. The van der Waals surface area contributed by atoms with Crippen LogP contribution in [0.2, 0.25) is 10.0 Å². The van der Waals surface area contributed by atoms with Crippen molar-refractivity contribution in [2.75, 3.05) is 36.2 Å². The molecule has 0 bridgehead atoms. The number of H-pyrrole nitrogens is 1. The Labute approximate surface area is 199 Å². The first-order valence-corrected chi connectivity index (χ1v) is 10.7. The van der Waals surface area contributed by atoms with Crippen LogP contribution < -0.4 is 27.2 Å². The minimum Gasteiger partial charge on any atom is -0.383 e. The van der Waals surface area contributed by atoms with Crippen LogP contribution in [-0.4, -0.2) is 35.7 Å². The van der Waals surface area contributed by atoms with Crippen LogP contribution in [0.25, 0.3) is 0 Å². The van der Waals surface area contributed by atoms with Crippen molar-refractivity contribution in [3.05, 3.63) is 85.0 Å². The predicted octanol–water partition coefficient (Wildman–Crippen LogP) is 2.72. The van der Waals surface area contributed by atoms with E-state index in [1.165, 1.54) is 16.6 Å². The number of para-hydroxylation sites is 1. The van der Waals surface area contributed by atoms with E-state index in [2.05, 4.69) is 10.3 Å². The van der Waals surface area contributed by atoms with E-state index in [1.807, 2.05) is 30.3 Å². The number of aromatic nitrogens is 2. The molecule has 1 heterocycles. The Morgan fingerprint density at radius 3 is 2.42 bits per heavy atom. The highest BCUT2D eigenvalue weighted by molar-refractivity contribution is 6.39. The van der Waals surface area contributed by atoms with Gasteiger partial charge in [-0.25, -0.2) is 4.79 Å². The monoisotopic (exact) mass is 491 g/mol. The number of nitrogens with two attached hydrogens (primary N) is 1. The molecule has 4 N–H and O–H groups in total. The van der Waals surface area contributed by atoms with Crippen LogP contribution in [0.1, 0.15) is 5.56 Å². The molecule has 0 saturated carbocycles. The van der Waals surface area contributed by atoms with Gasteiger partial charge in [0.25, 0.3) is 5.56 Å². The number of carbonyl (C=O) groups is 1. The Balaban J connectivity index is 1.99. The topological polar surface area (TPSA) is 122 Å². The third-order valence-electron chi connectivity index (χ3n) is 4.83.